The minimum absolute atomic E-state index is 0.0283. The number of aryl methyl sites for hydroxylation is 2. The maximum Gasteiger partial charge on any atom is 0.244 e. The van der Waals surface area contributed by atoms with Gasteiger partial charge in [-0.05, 0) is 49.1 Å². The number of hydrogen-bond donors (Lipinski definition) is 0. The largest absolute Gasteiger partial charge is 0.331 e. The number of fused-ring (bicyclic) bond motifs is 1. The van der Waals surface area contributed by atoms with E-state index in [2.05, 4.69) is 15.1 Å². The van der Waals surface area contributed by atoms with Gasteiger partial charge in [0.15, 0.2) is 5.78 Å². The van der Waals surface area contributed by atoms with Crippen molar-refractivity contribution in [1.29, 1.82) is 0 Å². The van der Waals surface area contributed by atoms with Crippen molar-refractivity contribution < 1.29 is 18.4 Å². The number of hydrogen-bond acceptors (Lipinski definition) is 6. The molecule has 2 aromatic heterocycles. The summed E-state index contributed by atoms with van der Waals surface area (Å²) >= 11 is 11.5. The normalized spacial score (nSPS) is 17.0. The van der Waals surface area contributed by atoms with E-state index in [1.807, 2.05) is 12.1 Å². The van der Waals surface area contributed by atoms with Crippen molar-refractivity contribution in [2.24, 2.45) is 0 Å². The molecule has 0 spiro atoms. The van der Waals surface area contributed by atoms with Crippen molar-refractivity contribution in [1.82, 2.24) is 24.6 Å². The molecule has 1 aliphatic heterocycles. The number of benzene rings is 2. The number of thiocarbonyl (C=S) groups is 1. The molecule has 206 valence electrons. The molecule has 0 N–H and O–H groups in total. The van der Waals surface area contributed by atoms with Gasteiger partial charge >= 0.3 is 0 Å². The van der Waals surface area contributed by atoms with Crippen LogP contribution in [0.25, 0.3) is 22.0 Å². The van der Waals surface area contributed by atoms with Crippen LogP contribution in [-0.4, -0.2) is 60.0 Å². The molecule has 0 aliphatic carbocycles. The molecule has 3 heterocycles. The molecule has 5 rings (SSSR count). The average Bonchev–Trinajstić information content (AvgIpc) is 3.50. The van der Waals surface area contributed by atoms with Gasteiger partial charge in [-0.1, -0.05) is 42.0 Å². The quantitative estimate of drug-likeness (QED) is 0.195. The Kier molecular flexibility index (Phi) is 8.00. The van der Waals surface area contributed by atoms with Gasteiger partial charge in [0.25, 0.3) is 0 Å². The monoisotopic (exact) mass is 581 g/mol. The fourth-order valence-electron chi connectivity index (χ4n) is 5.03. The highest BCUT2D eigenvalue weighted by molar-refractivity contribution is 7.80. The number of aromatic nitrogens is 4. The Labute approximate surface area is 240 Å². The van der Waals surface area contributed by atoms with Crippen LogP contribution in [0.2, 0.25) is 5.02 Å². The van der Waals surface area contributed by atoms with E-state index in [1.165, 1.54) is 22.6 Å². The molecule has 1 amide bonds. The number of amides is 1. The van der Waals surface area contributed by atoms with E-state index < -0.39 is 18.0 Å². The Hall–Kier alpha value is -3.63. The molecule has 0 saturated carbocycles. The minimum Gasteiger partial charge on any atom is -0.331 e. The molecular weight excluding hydrogens is 556 g/mol. The zero-order valence-corrected chi connectivity index (χ0v) is 23.5. The van der Waals surface area contributed by atoms with Gasteiger partial charge in [-0.15, -0.1) is 0 Å². The van der Waals surface area contributed by atoms with Gasteiger partial charge in [-0.2, -0.15) is 5.10 Å². The van der Waals surface area contributed by atoms with E-state index in [0.29, 0.717) is 40.0 Å². The van der Waals surface area contributed by atoms with Gasteiger partial charge in [0.05, 0.1) is 23.1 Å². The summed E-state index contributed by atoms with van der Waals surface area (Å²) < 4.78 is 30.3. The first kappa shape index (κ1) is 27.9. The second-order valence-corrected chi connectivity index (χ2v) is 10.8. The Morgan fingerprint density at radius 1 is 1.15 bits per heavy atom. The highest BCUT2D eigenvalue weighted by Crippen LogP contribution is 2.29. The summed E-state index contributed by atoms with van der Waals surface area (Å²) in [6.07, 6.45) is 2.86. The zero-order chi connectivity index (χ0) is 28.6. The molecule has 0 unspecified atom stereocenters. The van der Waals surface area contributed by atoms with Crippen molar-refractivity contribution in [2.45, 2.75) is 51.9 Å². The van der Waals surface area contributed by atoms with E-state index >= 15 is 0 Å². The minimum atomic E-state index is -1.23. The zero-order valence-electron chi connectivity index (χ0n) is 21.9. The lowest BCUT2D eigenvalue weighted by Gasteiger charge is -2.25. The third-order valence-electron chi connectivity index (χ3n) is 7.10. The molecular formula is C29H26ClF2N5O2S. The molecule has 1 aliphatic rings. The Morgan fingerprint density at radius 2 is 1.90 bits per heavy atom. The van der Waals surface area contributed by atoms with E-state index in [0.717, 1.165) is 11.1 Å². The maximum absolute atomic E-state index is 14.5. The summed E-state index contributed by atoms with van der Waals surface area (Å²) in [4.78, 5) is 36.3. The van der Waals surface area contributed by atoms with Crippen molar-refractivity contribution in [3.8, 4) is 11.1 Å². The van der Waals surface area contributed by atoms with Crippen LogP contribution >= 0.6 is 23.8 Å². The number of likely N-dealkylation sites (tertiary alicyclic amines) is 1. The fourth-order valence-corrected chi connectivity index (χ4v) is 5.55. The lowest BCUT2D eigenvalue weighted by atomic mass is 10.0. The van der Waals surface area contributed by atoms with E-state index in [1.54, 1.807) is 37.5 Å². The second kappa shape index (κ2) is 11.5. The highest BCUT2D eigenvalue weighted by Gasteiger charge is 2.37. The summed E-state index contributed by atoms with van der Waals surface area (Å²) in [7, 11) is 0. The van der Waals surface area contributed by atoms with Gasteiger partial charge in [-0.3, -0.25) is 14.3 Å². The van der Waals surface area contributed by atoms with Gasteiger partial charge in [0.1, 0.15) is 30.1 Å². The first-order valence-corrected chi connectivity index (χ1v) is 13.6. The lowest BCUT2D eigenvalue weighted by molar-refractivity contribution is -0.131. The van der Waals surface area contributed by atoms with Crippen molar-refractivity contribution in [3.05, 3.63) is 76.7 Å². The third-order valence-corrected chi connectivity index (χ3v) is 7.87. The molecule has 40 heavy (non-hydrogen) atoms. The summed E-state index contributed by atoms with van der Waals surface area (Å²) in [5, 5.41) is 5.06. The van der Waals surface area contributed by atoms with Gasteiger partial charge in [-0.25, -0.2) is 18.7 Å². The number of nitrogens with zero attached hydrogens (tertiary/aromatic N) is 5. The van der Waals surface area contributed by atoms with Gasteiger partial charge < -0.3 is 4.90 Å². The predicted molar refractivity (Wildman–Crippen MR) is 153 cm³/mol. The smallest absolute Gasteiger partial charge is 0.244 e. The SMILES string of the molecule is CC(=O)c1nn(CC(=O)N2C[C@H](F)C[C@H]2C(=S)CCc2cccc(Cl)c2F)c2ccc(-c3cnc(C)nc3)cc12. The number of alkyl halides is 1. The lowest BCUT2D eigenvalue weighted by Crippen LogP contribution is -2.42. The van der Waals surface area contributed by atoms with Crippen LogP contribution in [0.5, 0.6) is 0 Å². The number of halogens is 3. The van der Waals surface area contributed by atoms with E-state index in [-0.39, 0.29) is 41.9 Å². The average molecular weight is 582 g/mol. The van der Waals surface area contributed by atoms with E-state index in [9.17, 15) is 18.4 Å². The second-order valence-electron chi connectivity index (χ2n) is 9.89. The van der Waals surface area contributed by atoms with Crippen LogP contribution in [0.15, 0.2) is 48.8 Å². The molecule has 4 aromatic rings. The molecule has 2 aromatic carbocycles. The summed E-state index contributed by atoms with van der Waals surface area (Å²) in [5.41, 5.74) is 2.84. The highest BCUT2D eigenvalue weighted by atomic mass is 35.5. The van der Waals surface area contributed by atoms with Crippen LogP contribution in [0.3, 0.4) is 0 Å². The first-order chi connectivity index (χ1) is 19.1. The Morgan fingerprint density at radius 3 is 2.62 bits per heavy atom. The fraction of sp³-hybridized carbons (Fsp3) is 0.310. The number of Topliss-reactive ketones (excluding diaryl/α,β-unsaturated/α-hetero) is 1. The predicted octanol–water partition coefficient (Wildman–Crippen LogP) is 5.74. The van der Waals surface area contributed by atoms with Crippen molar-refractivity contribution in [3.63, 3.8) is 0 Å². The van der Waals surface area contributed by atoms with Gasteiger partial charge in [0.2, 0.25) is 5.91 Å². The van der Waals surface area contributed by atoms with E-state index in [4.69, 9.17) is 23.8 Å². The number of carbonyl (C=O) groups is 2. The van der Waals surface area contributed by atoms with Crippen molar-refractivity contribution in [2.75, 3.05) is 6.54 Å². The molecule has 7 nitrogen and oxygen atoms in total. The molecule has 2 atom stereocenters. The molecule has 1 saturated heterocycles. The summed E-state index contributed by atoms with van der Waals surface area (Å²) in [5.74, 6) is -0.463. The Balaban J connectivity index is 1.36. The van der Waals surface area contributed by atoms with Gasteiger partial charge in [0, 0.05) is 41.6 Å². The third kappa shape index (κ3) is 5.64. The number of carbonyl (C=O) groups excluding carboxylic acids is 2. The molecule has 11 heteroatoms. The van der Waals surface area contributed by atoms with Crippen molar-refractivity contribution >= 4 is 51.3 Å². The molecule has 0 bridgehead atoms. The van der Waals surface area contributed by atoms with Crippen LogP contribution < -0.4 is 0 Å². The molecule has 1 fully saturated rings. The molecule has 0 radical (unpaired) electrons. The number of rotatable bonds is 8. The maximum atomic E-state index is 14.5. The van der Waals surface area contributed by atoms with Crippen LogP contribution in [0.1, 0.15) is 41.6 Å². The van der Waals surface area contributed by atoms with Crippen LogP contribution in [0.4, 0.5) is 8.78 Å². The van der Waals surface area contributed by atoms with Crippen LogP contribution in [0, 0.1) is 12.7 Å². The summed E-state index contributed by atoms with van der Waals surface area (Å²) in [6, 6.07) is 9.64. The first-order valence-electron chi connectivity index (χ1n) is 12.8. The topological polar surface area (TPSA) is 81.0 Å². The standard InChI is InChI=1S/C29H26ClF2N5O2S/c1-16(38)29-22-10-19(20-12-33-17(2)34-13-20)6-8-24(22)37(35-29)15-27(39)36-14-21(31)11-25(36)26(40)9-7-18-4-3-5-23(30)28(18)32/h3-6,8,10,12-13,21,25H,7,9,11,14-15H2,1-2H3/t21-,25+/m1/s1. The Bertz CT molecular complexity index is 1620. The summed E-state index contributed by atoms with van der Waals surface area (Å²) in [6.45, 7) is 2.93. The number of ketones is 1. The van der Waals surface area contributed by atoms with Crippen LogP contribution in [-0.2, 0) is 17.8 Å².